The van der Waals surface area contributed by atoms with E-state index in [0.29, 0.717) is 29.1 Å². The molecule has 0 aliphatic carbocycles. The number of amides is 1. The number of carbonyl (C=O) groups is 1. The zero-order valence-corrected chi connectivity index (χ0v) is 18.0. The third-order valence-electron chi connectivity index (χ3n) is 5.02. The van der Waals surface area contributed by atoms with Crippen LogP contribution in [-0.4, -0.2) is 32.9 Å². The van der Waals surface area contributed by atoms with Crippen LogP contribution in [-0.2, 0) is 0 Å². The van der Waals surface area contributed by atoms with Crippen molar-refractivity contribution in [2.45, 2.75) is 19.4 Å². The molecule has 3 aromatic heterocycles. The lowest BCUT2D eigenvalue weighted by atomic mass is 10.1. The first-order valence-electron chi connectivity index (χ1n) is 9.86. The summed E-state index contributed by atoms with van der Waals surface area (Å²) in [6.07, 6.45) is 5.90. The van der Waals surface area contributed by atoms with Gasteiger partial charge in [0, 0.05) is 35.0 Å². The van der Waals surface area contributed by atoms with Gasteiger partial charge in [0.05, 0.1) is 11.7 Å². The average molecular weight is 435 g/mol. The van der Waals surface area contributed by atoms with Crippen molar-refractivity contribution in [2.24, 2.45) is 0 Å². The van der Waals surface area contributed by atoms with Crippen LogP contribution in [0, 0.1) is 6.92 Å². The number of rotatable bonds is 7. The summed E-state index contributed by atoms with van der Waals surface area (Å²) in [6, 6.07) is 12.1. The van der Waals surface area contributed by atoms with Crippen molar-refractivity contribution >= 4 is 28.6 Å². The van der Waals surface area contributed by atoms with Gasteiger partial charge in [0.25, 0.3) is 11.5 Å². The molecule has 0 saturated heterocycles. The molecule has 0 spiro atoms. The van der Waals surface area contributed by atoms with E-state index in [0.717, 1.165) is 16.7 Å². The molecule has 0 fully saturated rings. The van der Waals surface area contributed by atoms with Crippen molar-refractivity contribution < 1.29 is 9.21 Å². The zero-order chi connectivity index (χ0) is 21.8. The standard InChI is InChI=1S/C23H22N4O3S/c1-14-16-7-3-4-8-19(16)30-21(14)23(29)26-17(9-11-31-2)18-12-20(28)27-22(25-18)15-6-5-10-24-13-15/h3-8,10,12-13,17H,9,11H2,1-2H3,(H,26,29)(H,25,27,28)/t17-/m1/s1. The summed E-state index contributed by atoms with van der Waals surface area (Å²) in [5.74, 6) is 1.15. The predicted octanol–water partition coefficient (Wildman–Crippen LogP) is 4.11. The number of aryl methyl sites for hydroxylation is 1. The van der Waals surface area contributed by atoms with Gasteiger partial charge in [-0.1, -0.05) is 18.2 Å². The zero-order valence-electron chi connectivity index (χ0n) is 17.2. The number of fused-ring (bicyclic) bond motifs is 1. The topological polar surface area (TPSA) is 101 Å². The van der Waals surface area contributed by atoms with Crippen LogP contribution in [0.15, 0.2) is 64.1 Å². The number of pyridine rings is 1. The van der Waals surface area contributed by atoms with E-state index < -0.39 is 6.04 Å². The number of furan rings is 1. The van der Waals surface area contributed by atoms with Gasteiger partial charge in [-0.05, 0) is 43.6 Å². The van der Waals surface area contributed by atoms with E-state index in [-0.39, 0.29) is 17.2 Å². The fraction of sp³-hybridized carbons (Fsp3) is 0.217. The molecule has 158 valence electrons. The Morgan fingerprint density at radius 3 is 2.84 bits per heavy atom. The molecule has 2 N–H and O–H groups in total. The monoisotopic (exact) mass is 434 g/mol. The Kier molecular flexibility index (Phi) is 6.18. The molecule has 0 bridgehead atoms. The highest BCUT2D eigenvalue weighted by molar-refractivity contribution is 7.98. The summed E-state index contributed by atoms with van der Waals surface area (Å²) in [7, 11) is 0. The second-order valence-electron chi connectivity index (χ2n) is 7.12. The normalized spacial score (nSPS) is 12.1. The lowest BCUT2D eigenvalue weighted by Gasteiger charge is -2.18. The van der Waals surface area contributed by atoms with Crippen LogP contribution < -0.4 is 10.9 Å². The first kappa shape index (κ1) is 20.9. The van der Waals surface area contributed by atoms with Crippen LogP contribution in [0.25, 0.3) is 22.4 Å². The van der Waals surface area contributed by atoms with Crippen molar-refractivity contribution in [3.8, 4) is 11.4 Å². The molecule has 4 aromatic rings. The summed E-state index contributed by atoms with van der Waals surface area (Å²) in [5.41, 5.74) is 2.36. The molecule has 1 amide bonds. The van der Waals surface area contributed by atoms with Gasteiger partial charge in [0.15, 0.2) is 5.76 Å². The van der Waals surface area contributed by atoms with Crippen LogP contribution in [0.1, 0.15) is 34.3 Å². The van der Waals surface area contributed by atoms with E-state index in [9.17, 15) is 9.59 Å². The van der Waals surface area contributed by atoms with E-state index in [1.807, 2.05) is 43.5 Å². The minimum Gasteiger partial charge on any atom is -0.451 e. The number of thioether (sulfide) groups is 1. The molecule has 0 aliphatic rings. The van der Waals surface area contributed by atoms with Crippen molar-refractivity contribution in [3.05, 3.63) is 82.2 Å². The van der Waals surface area contributed by atoms with Gasteiger partial charge in [0.1, 0.15) is 11.4 Å². The van der Waals surface area contributed by atoms with Crippen molar-refractivity contribution in [2.75, 3.05) is 12.0 Å². The van der Waals surface area contributed by atoms with E-state index >= 15 is 0 Å². The fourth-order valence-electron chi connectivity index (χ4n) is 3.44. The maximum absolute atomic E-state index is 13.1. The van der Waals surface area contributed by atoms with Crippen molar-refractivity contribution in [1.82, 2.24) is 20.3 Å². The van der Waals surface area contributed by atoms with Gasteiger partial charge in [-0.2, -0.15) is 11.8 Å². The Bertz CT molecular complexity index is 1270. The number of carbonyl (C=O) groups excluding carboxylic acids is 1. The Morgan fingerprint density at radius 1 is 1.26 bits per heavy atom. The highest BCUT2D eigenvalue weighted by Gasteiger charge is 2.23. The Morgan fingerprint density at radius 2 is 2.10 bits per heavy atom. The van der Waals surface area contributed by atoms with E-state index in [1.54, 1.807) is 30.2 Å². The van der Waals surface area contributed by atoms with E-state index in [1.165, 1.54) is 6.07 Å². The van der Waals surface area contributed by atoms with Crippen LogP contribution in [0.5, 0.6) is 0 Å². The summed E-state index contributed by atoms with van der Waals surface area (Å²) < 4.78 is 5.80. The van der Waals surface area contributed by atoms with Crippen LogP contribution in [0.2, 0.25) is 0 Å². The molecule has 0 unspecified atom stereocenters. The van der Waals surface area contributed by atoms with Crippen LogP contribution in [0.4, 0.5) is 0 Å². The summed E-state index contributed by atoms with van der Waals surface area (Å²) in [5, 5.41) is 3.92. The third-order valence-corrected chi connectivity index (χ3v) is 5.66. The number of para-hydroxylation sites is 1. The Labute approximate surface area is 183 Å². The molecule has 8 heteroatoms. The number of H-pyrrole nitrogens is 1. The molecule has 1 atom stereocenters. The maximum Gasteiger partial charge on any atom is 0.287 e. The molecule has 0 radical (unpaired) electrons. The molecule has 0 saturated carbocycles. The van der Waals surface area contributed by atoms with Crippen LogP contribution in [0.3, 0.4) is 0 Å². The smallest absolute Gasteiger partial charge is 0.287 e. The number of nitrogens with zero attached hydrogens (tertiary/aromatic N) is 2. The quantitative estimate of drug-likeness (QED) is 0.454. The fourth-order valence-corrected chi connectivity index (χ4v) is 3.91. The van der Waals surface area contributed by atoms with Crippen molar-refractivity contribution in [1.29, 1.82) is 0 Å². The molecule has 3 heterocycles. The number of hydrogen-bond donors (Lipinski definition) is 2. The average Bonchev–Trinajstić information content (AvgIpc) is 3.13. The third kappa shape index (κ3) is 4.54. The summed E-state index contributed by atoms with van der Waals surface area (Å²) in [6.45, 7) is 1.86. The van der Waals surface area contributed by atoms with Gasteiger partial charge >= 0.3 is 0 Å². The largest absolute Gasteiger partial charge is 0.451 e. The minimum atomic E-state index is -0.440. The lowest BCUT2D eigenvalue weighted by molar-refractivity contribution is 0.0908. The highest BCUT2D eigenvalue weighted by atomic mass is 32.2. The number of nitrogens with one attached hydrogen (secondary N) is 2. The van der Waals surface area contributed by atoms with Gasteiger partial charge in [-0.3, -0.25) is 14.6 Å². The van der Waals surface area contributed by atoms with Gasteiger partial charge < -0.3 is 14.7 Å². The molecule has 1 aromatic carbocycles. The molecule has 0 aliphatic heterocycles. The molecule has 4 rings (SSSR count). The Hall–Kier alpha value is -3.39. The highest BCUT2D eigenvalue weighted by Crippen LogP contribution is 2.26. The van der Waals surface area contributed by atoms with Gasteiger partial charge in [-0.15, -0.1) is 0 Å². The van der Waals surface area contributed by atoms with E-state index in [2.05, 4.69) is 20.3 Å². The van der Waals surface area contributed by atoms with Crippen molar-refractivity contribution in [3.63, 3.8) is 0 Å². The minimum absolute atomic E-state index is 0.271. The van der Waals surface area contributed by atoms with Gasteiger partial charge in [-0.25, -0.2) is 4.98 Å². The Balaban J connectivity index is 1.67. The second-order valence-corrected chi connectivity index (χ2v) is 8.11. The maximum atomic E-state index is 13.1. The number of benzene rings is 1. The summed E-state index contributed by atoms with van der Waals surface area (Å²) >= 11 is 1.66. The molecular weight excluding hydrogens is 412 g/mol. The number of aromatic nitrogens is 3. The SMILES string of the molecule is CSCC[C@@H](NC(=O)c1oc2ccccc2c1C)c1cc(=O)[nH]c(-c2cccnc2)n1. The molecular formula is C23H22N4O3S. The van der Waals surface area contributed by atoms with Crippen LogP contribution >= 0.6 is 11.8 Å². The first-order chi connectivity index (χ1) is 15.1. The van der Waals surface area contributed by atoms with E-state index in [4.69, 9.17) is 4.42 Å². The molecule has 31 heavy (non-hydrogen) atoms. The van der Waals surface area contributed by atoms with Gasteiger partial charge in [0.2, 0.25) is 0 Å². The second kappa shape index (κ2) is 9.18. The lowest BCUT2D eigenvalue weighted by Crippen LogP contribution is -2.31. The predicted molar refractivity (Wildman–Crippen MR) is 122 cm³/mol. The number of aromatic amines is 1. The summed E-state index contributed by atoms with van der Waals surface area (Å²) in [4.78, 5) is 36.9. The first-order valence-corrected chi connectivity index (χ1v) is 11.3. The molecule has 7 nitrogen and oxygen atoms in total. The number of hydrogen-bond acceptors (Lipinski definition) is 6.